The van der Waals surface area contributed by atoms with Crippen LogP contribution in [0.3, 0.4) is 0 Å². The summed E-state index contributed by atoms with van der Waals surface area (Å²) in [6, 6.07) is 3.71. The van der Waals surface area contributed by atoms with Crippen LogP contribution in [0.5, 0.6) is 11.5 Å². The third-order valence-corrected chi connectivity index (χ3v) is 3.78. The van der Waals surface area contributed by atoms with Crippen LogP contribution in [-0.4, -0.2) is 40.2 Å². The Hall–Kier alpha value is -4.36. The average molecular weight is 443 g/mol. The van der Waals surface area contributed by atoms with Gasteiger partial charge in [0.05, 0.1) is 28.8 Å². The van der Waals surface area contributed by atoms with Gasteiger partial charge in [0.15, 0.2) is 5.75 Å². The van der Waals surface area contributed by atoms with Crippen LogP contribution in [0.4, 0.5) is 29.3 Å². The van der Waals surface area contributed by atoms with Crippen LogP contribution >= 0.6 is 0 Å². The molecule has 14 heteroatoms. The number of halogens is 3. The number of nitro groups is 1. The van der Waals surface area contributed by atoms with E-state index in [-0.39, 0.29) is 17.3 Å². The maximum absolute atomic E-state index is 13.3. The molecular formula is C17H12F3N3O8. The van der Waals surface area contributed by atoms with E-state index >= 15 is 0 Å². The Balaban J connectivity index is 2.45. The highest BCUT2D eigenvalue weighted by atomic mass is 19.4. The fraction of sp³-hybridized carbons (Fsp3) is 0.118. The molecule has 0 aliphatic rings. The molecule has 0 saturated heterocycles. The number of amides is 3. The predicted molar refractivity (Wildman–Crippen MR) is 95.7 cm³/mol. The number of aromatic hydroxyl groups is 2. The van der Waals surface area contributed by atoms with Crippen molar-refractivity contribution in [2.45, 2.75) is 6.18 Å². The van der Waals surface area contributed by atoms with Gasteiger partial charge in [0.1, 0.15) is 5.56 Å². The van der Waals surface area contributed by atoms with E-state index in [0.29, 0.717) is 0 Å². The van der Waals surface area contributed by atoms with Crippen molar-refractivity contribution in [2.24, 2.45) is 0 Å². The quantitative estimate of drug-likeness (QED) is 0.242. The van der Waals surface area contributed by atoms with Crippen LogP contribution in [0.1, 0.15) is 26.3 Å². The van der Waals surface area contributed by atoms with E-state index in [2.05, 4.69) is 4.74 Å². The fourth-order valence-corrected chi connectivity index (χ4v) is 2.47. The molecule has 3 amide bonds. The zero-order chi connectivity index (χ0) is 23.5. The van der Waals surface area contributed by atoms with Gasteiger partial charge in [-0.15, -0.1) is 0 Å². The van der Waals surface area contributed by atoms with Gasteiger partial charge in [-0.2, -0.15) is 13.2 Å². The van der Waals surface area contributed by atoms with Gasteiger partial charge in [-0.1, -0.05) is 12.1 Å². The molecule has 0 radical (unpaired) electrons. The number of nitrogens with one attached hydrogen (secondary N) is 2. The van der Waals surface area contributed by atoms with Crippen LogP contribution in [0, 0.1) is 10.1 Å². The lowest BCUT2D eigenvalue weighted by molar-refractivity contribution is -0.386. The molecule has 0 unspecified atom stereocenters. The van der Waals surface area contributed by atoms with E-state index in [9.17, 15) is 47.9 Å². The number of para-hydroxylation sites is 1. The number of ether oxygens (including phenoxy) is 1. The number of nitro benzene ring substituents is 1. The van der Waals surface area contributed by atoms with Crippen molar-refractivity contribution in [3.05, 3.63) is 57.1 Å². The highest BCUT2D eigenvalue weighted by Crippen LogP contribution is 2.45. The monoisotopic (exact) mass is 443 g/mol. The molecule has 0 aliphatic heterocycles. The minimum absolute atomic E-state index is 0.0955. The molecule has 0 bridgehead atoms. The van der Waals surface area contributed by atoms with Crippen LogP contribution < -0.4 is 10.6 Å². The SMILES string of the molecule is COC(=O)c1ccccc1NC(=O)NC(=O)c1c(C(F)(F)F)cc(O)c(O)c1[N+](=O)[O-]. The number of nitrogens with zero attached hydrogens (tertiary/aromatic N) is 1. The third-order valence-electron chi connectivity index (χ3n) is 3.78. The summed E-state index contributed by atoms with van der Waals surface area (Å²) in [4.78, 5) is 45.7. The van der Waals surface area contributed by atoms with E-state index in [1.165, 1.54) is 29.6 Å². The maximum atomic E-state index is 13.3. The highest BCUT2D eigenvalue weighted by Gasteiger charge is 2.43. The Labute approximate surface area is 170 Å². The molecule has 2 aromatic carbocycles. The summed E-state index contributed by atoms with van der Waals surface area (Å²) in [6.45, 7) is 0. The lowest BCUT2D eigenvalue weighted by atomic mass is 10.0. The second kappa shape index (κ2) is 8.56. The highest BCUT2D eigenvalue weighted by molar-refractivity contribution is 6.12. The second-order valence-electron chi connectivity index (χ2n) is 5.72. The number of alkyl halides is 3. The molecule has 164 valence electrons. The van der Waals surface area contributed by atoms with Gasteiger partial charge in [0.2, 0.25) is 5.75 Å². The molecule has 11 nitrogen and oxygen atoms in total. The first-order valence-electron chi connectivity index (χ1n) is 7.98. The Bertz CT molecular complexity index is 1090. The maximum Gasteiger partial charge on any atom is 0.417 e. The summed E-state index contributed by atoms with van der Waals surface area (Å²) < 4.78 is 44.3. The van der Waals surface area contributed by atoms with Gasteiger partial charge in [-0.3, -0.25) is 20.2 Å². The molecule has 31 heavy (non-hydrogen) atoms. The molecule has 0 aliphatic carbocycles. The Morgan fingerprint density at radius 2 is 1.77 bits per heavy atom. The number of phenolic OH excluding ortho intramolecular Hbond substituents is 2. The lowest BCUT2D eigenvalue weighted by Gasteiger charge is -2.15. The Kier molecular flexibility index (Phi) is 6.33. The second-order valence-corrected chi connectivity index (χ2v) is 5.72. The van der Waals surface area contributed by atoms with Crippen molar-refractivity contribution in [1.82, 2.24) is 5.32 Å². The summed E-state index contributed by atoms with van der Waals surface area (Å²) in [5.41, 5.74) is -5.76. The molecule has 2 rings (SSSR count). The largest absolute Gasteiger partial charge is 0.504 e. The smallest absolute Gasteiger partial charge is 0.417 e. The molecule has 0 heterocycles. The number of benzene rings is 2. The van der Waals surface area contributed by atoms with E-state index in [1.807, 2.05) is 5.32 Å². The number of urea groups is 1. The zero-order valence-electron chi connectivity index (χ0n) is 15.3. The van der Waals surface area contributed by atoms with Crippen molar-refractivity contribution in [3.8, 4) is 11.5 Å². The van der Waals surface area contributed by atoms with E-state index in [0.717, 1.165) is 7.11 Å². The summed E-state index contributed by atoms with van der Waals surface area (Å²) in [6.07, 6.45) is -5.36. The van der Waals surface area contributed by atoms with Crippen molar-refractivity contribution in [1.29, 1.82) is 0 Å². The third kappa shape index (κ3) is 4.80. The fourth-order valence-electron chi connectivity index (χ4n) is 2.47. The lowest BCUT2D eigenvalue weighted by Crippen LogP contribution is -2.36. The number of methoxy groups -OCH3 is 1. The van der Waals surface area contributed by atoms with E-state index in [1.54, 1.807) is 0 Å². The average Bonchev–Trinajstić information content (AvgIpc) is 2.68. The van der Waals surface area contributed by atoms with Gasteiger partial charge < -0.3 is 20.3 Å². The van der Waals surface area contributed by atoms with E-state index < -0.39 is 57.3 Å². The normalized spacial score (nSPS) is 10.8. The van der Waals surface area contributed by atoms with Gasteiger partial charge in [-0.05, 0) is 18.2 Å². The number of carbonyl (C=O) groups excluding carboxylic acids is 3. The van der Waals surface area contributed by atoms with Crippen LogP contribution in [0.2, 0.25) is 0 Å². The molecule has 2 aromatic rings. The minimum Gasteiger partial charge on any atom is -0.504 e. The standard InChI is InChI=1S/C17H12F3N3O8/c1-31-15(27)7-4-2-3-5-9(7)21-16(28)22-14(26)11-8(17(18,19)20)6-10(24)13(25)12(11)23(29)30/h2-6,24-25H,1H3,(H2,21,22,26,28). The summed E-state index contributed by atoms with van der Waals surface area (Å²) in [5, 5.41) is 33.6. The molecule has 0 atom stereocenters. The molecular weight excluding hydrogens is 431 g/mol. The number of hydrogen-bond acceptors (Lipinski definition) is 8. The van der Waals surface area contributed by atoms with Crippen LogP contribution in [-0.2, 0) is 10.9 Å². The molecule has 0 spiro atoms. The first kappa shape index (κ1) is 22.9. The van der Waals surface area contributed by atoms with Gasteiger partial charge in [-0.25, -0.2) is 9.59 Å². The number of anilines is 1. The Morgan fingerprint density at radius 1 is 1.16 bits per heavy atom. The first-order valence-corrected chi connectivity index (χ1v) is 7.98. The minimum atomic E-state index is -5.36. The number of carbonyl (C=O) groups is 3. The van der Waals surface area contributed by atoms with E-state index in [4.69, 9.17) is 0 Å². The first-order chi connectivity index (χ1) is 14.4. The van der Waals surface area contributed by atoms with Gasteiger partial charge >= 0.3 is 23.9 Å². The molecule has 0 fully saturated rings. The molecule has 4 N–H and O–H groups in total. The van der Waals surface area contributed by atoms with Crippen molar-refractivity contribution >= 4 is 29.3 Å². The number of hydrogen-bond donors (Lipinski definition) is 4. The number of rotatable bonds is 4. The predicted octanol–water partition coefficient (Wildman–Crippen LogP) is 2.77. The number of esters is 1. The van der Waals surface area contributed by atoms with Crippen molar-refractivity contribution < 1.29 is 47.4 Å². The van der Waals surface area contributed by atoms with Crippen LogP contribution in [0.15, 0.2) is 30.3 Å². The summed E-state index contributed by atoms with van der Waals surface area (Å²) in [7, 11) is 1.05. The van der Waals surface area contributed by atoms with Crippen molar-refractivity contribution in [2.75, 3.05) is 12.4 Å². The molecule has 0 aromatic heterocycles. The summed E-state index contributed by atoms with van der Waals surface area (Å²) in [5.74, 6) is -5.87. The molecule has 0 saturated carbocycles. The Morgan fingerprint density at radius 3 is 2.32 bits per heavy atom. The van der Waals surface area contributed by atoms with Gasteiger partial charge in [0, 0.05) is 0 Å². The summed E-state index contributed by atoms with van der Waals surface area (Å²) >= 11 is 0. The topological polar surface area (TPSA) is 168 Å². The van der Waals surface area contributed by atoms with Crippen molar-refractivity contribution in [3.63, 3.8) is 0 Å². The zero-order valence-corrected chi connectivity index (χ0v) is 15.3. The van der Waals surface area contributed by atoms with Gasteiger partial charge in [0.25, 0.3) is 5.91 Å². The number of phenols is 2. The van der Waals surface area contributed by atoms with Crippen LogP contribution in [0.25, 0.3) is 0 Å². The number of imide groups is 1.